The lowest BCUT2D eigenvalue weighted by Crippen LogP contribution is -2.56. The van der Waals surface area contributed by atoms with Crippen molar-refractivity contribution in [2.75, 3.05) is 26.2 Å². The van der Waals surface area contributed by atoms with E-state index in [0.717, 1.165) is 0 Å². The van der Waals surface area contributed by atoms with E-state index in [-0.39, 0.29) is 11.9 Å². The lowest BCUT2D eigenvalue weighted by molar-refractivity contribution is -0.149. The summed E-state index contributed by atoms with van der Waals surface area (Å²) in [5.41, 5.74) is -1.07. The second kappa shape index (κ2) is 6.57. The largest absolute Gasteiger partial charge is 0.346 e. The van der Waals surface area contributed by atoms with Gasteiger partial charge in [-0.25, -0.2) is 0 Å². The number of hydrogen-bond donors (Lipinski definition) is 1. The fourth-order valence-electron chi connectivity index (χ4n) is 2.02. The van der Waals surface area contributed by atoms with Crippen LogP contribution in [0, 0.1) is 16.7 Å². The van der Waals surface area contributed by atoms with E-state index < -0.39 is 17.2 Å². The minimum atomic E-state index is -1.07. The summed E-state index contributed by atoms with van der Waals surface area (Å²) in [6, 6.07) is 1.88. The molecule has 1 N–H and O–H groups in total. The van der Waals surface area contributed by atoms with Gasteiger partial charge in [0.1, 0.15) is 5.41 Å². The lowest BCUT2D eigenvalue weighted by atomic mass is 9.93. The number of carbonyl (C=O) groups is 3. The van der Waals surface area contributed by atoms with Crippen molar-refractivity contribution < 1.29 is 14.4 Å². The van der Waals surface area contributed by atoms with Crippen molar-refractivity contribution in [1.29, 1.82) is 5.26 Å². The third-order valence-electron chi connectivity index (χ3n) is 3.28. The van der Waals surface area contributed by atoms with Crippen molar-refractivity contribution in [3.05, 3.63) is 0 Å². The molecular weight excluding hydrogens is 272 g/mol. The quantitative estimate of drug-likeness (QED) is 0.710. The summed E-state index contributed by atoms with van der Waals surface area (Å²) < 4.78 is 0. The van der Waals surface area contributed by atoms with Gasteiger partial charge in [0.25, 0.3) is 0 Å². The van der Waals surface area contributed by atoms with E-state index in [0.29, 0.717) is 26.2 Å². The molecule has 0 radical (unpaired) electrons. The molecule has 3 amide bonds. The van der Waals surface area contributed by atoms with Gasteiger partial charge in [0.15, 0.2) is 0 Å². The van der Waals surface area contributed by atoms with Crippen LogP contribution in [-0.4, -0.2) is 59.7 Å². The zero-order valence-electron chi connectivity index (χ0n) is 13.0. The Morgan fingerprint density at radius 3 is 2.00 bits per heavy atom. The Kier molecular flexibility index (Phi) is 5.30. The average Bonchev–Trinajstić information content (AvgIpc) is 2.45. The minimum absolute atomic E-state index is 0.0965. The van der Waals surface area contributed by atoms with E-state index >= 15 is 0 Å². The van der Waals surface area contributed by atoms with Gasteiger partial charge in [-0.05, 0) is 27.7 Å². The fraction of sp³-hybridized carbons (Fsp3) is 0.714. The summed E-state index contributed by atoms with van der Waals surface area (Å²) in [5.74, 6) is -1.44. The van der Waals surface area contributed by atoms with Gasteiger partial charge in [0.2, 0.25) is 5.91 Å². The molecule has 0 bridgehead atoms. The van der Waals surface area contributed by atoms with Crippen LogP contribution in [0.5, 0.6) is 0 Å². The van der Waals surface area contributed by atoms with Crippen molar-refractivity contribution >= 4 is 17.7 Å². The van der Waals surface area contributed by atoms with E-state index in [1.165, 1.54) is 4.90 Å². The summed E-state index contributed by atoms with van der Waals surface area (Å²) in [6.45, 7) is 7.99. The maximum absolute atomic E-state index is 12.1. The molecule has 21 heavy (non-hydrogen) atoms. The van der Waals surface area contributed by atoms with Crippen LogP contribution in [0.2, 0.25) is 0 Å². The Hall–Kier alpha value is -2.10. The molecule has 0 unspecified atom stereocenters. The third-order valence-corrected chi connectivity index (χ3v) is 3.28. The van der Waals surface area contributed by atoms with Gasteiger partial charge in [-0.3, -0.25) is 14.4 Å². The molecule has 1 aliphatic heterocycles. The first-order valence-corrected chi connectivity index (χ1v) is 6.99. The fourth-order valence-corrected chi connectivity index (χ4v) is 2.02. The highest BCUT2D eigenvalue weighted by Crippen LogP contribution is 2.18. The van der Waals surface area contributed by atoms with Crippen molar-refractivity contribution in [2.45, 2.75) is 33.7 Å². The number of carbonyl (C=O) groups excluding carboxylic acids is 3. The van der Waals surface area contributed by atoms with Crippen molar-refractivity contribution in [1.82, 2.24) is 15.1 Å². The number of piperazine rings is 1. The smallest absolute Gasteiger partial charge is 0.312 e. The molecule has 7 heteroatoms. The predicted molar refractivity (Wildman–Crippen MR) is 75.8 cm³/mol. The number of amides is 3. The molecular formula is C14H22N4O3. The summed E-state index contributed by atoms with van der Waals surface area (Å²) in [7, 11) is 0. The minimum Gasteiger partial charge on any atom is -0.346 e. The molecule has 0 aliphatic carbocycles. The van der Waals surface area contributed by atoms with Crippen molar-refractivity contribution in [3.8, 4) is 6.07 Å². The Labute approximate surface area is 124 Å². The van der Waals surface area contributed by atoms with E-state index in [9.17, 15) is 14.4 Å². The molecule has 0 aromatic rings. The Morgan fingerprint density at radius 2 is 1.57 bits per heavy atom. The van der Waals surface area contributed by atoms with Gasteiger partial charge in [-0.15, -0.1) is 0 Å². The molecule has 1 aliphatic rings. The molecule has 0 atom stereocenters. The third kappa shape index (κ3) is 4.18. The summed E-state index contributed by atoms with van der Waals surface area (Å²) in [5, 5.41) is 11.5. The summed E-state index contributed by atoms with van der Waals surface area (Å²) in [6.07, 6.45) is 0. The van der Waals surface area contributed by atoms with Crippen LogP contribution in [0.15, 0.2) is 0 Å². The maximum Gasteiger partial charge on any atom is 0.312 e. The second-order valence-corrected chi connectivity index (χ2v) is 5.95. The topological polar surface area (TPSA) is 93.5 Å². The molecule has 1 rings (SSSR count). The Morgan fingerprint density at radius 1 is 1.10 bits per heavy atom. The molecule has 0 saturated carbocycles. The van der Waals surface area contributed by atoms with Crippen LogP contribution in [0.4, 0.5) is 0 Å². The van der Waals surface area contributed by atoms with Gasteiger partial charge in [0, 0.05) is 32.2 Å². The van der Waals surface area contributed by atoms with Crippen LogP contribution in [0.25, 0.3) is 0 Å². The van der Waals surface area contributed by atoms with Gasteiger partial charge in [0.05, 0.1) is 6.07 Å². The molecule has 1 fully saturated rings. The van der Waals surface area contributed by atoms with Gasteiger partial charge in [-0.1, -0.05) is 0 Å². The van der Waals surface area contributed by atoms with Gasteiger partial charge in [-0.2, -0.15) is 5.26 Å². The lowest BCUT2D eigenvalue weighted by Gasteiger charge is -2.36. The number of hydrogen-bond acceptors (Lipinski definition) is 4. The van der Waals surface area contributed by atoms with E-state index in [4.69, 9.17) is 5.26 Å². The van der Waals surface area contributed by atoms with Crippen LogP contribution in [0.3, 0.4) is 0 Å². The van der Waals surface area contributed by atoms with Crippen molar-refractivity contribution in [2.24, 2.45) is 5.41 Å². The van der Waals surface area contributed by atoms with Gasteiger partial charge >= 0.3 is 11.8 Å². The predicted octanol–water partition coefficient (Wildman–Crippen LogP) is -0.268. The number of nitriles is 1. The van der Waals surface area contributed by atoms with Crippen LogP contribution in [0.1, 0.15) is 27.7 Å². The molecule has 0 spiro atoms. The SMILES string of the molecule is CC(C)NC(=O)C(=O)N1CCN(C(=O)C(C)(C)C#N)CC1. The number of nitrogens with one attached hydrogen (secondary N) is 1. The zero-order chi connectivity index (χ0) is 16.2. The average molecular weight is 294 g/mol. The number of nitrogens with zero attached hydrogens (tertiary/aromatic N) is 3. The molecule has 0 aromatic heterocycles. The first-order chi connectivity index (χ1) is 9.69. The maximum atomic E-state index is 12.1. The van der Waals surface area contributed by atoms with E-state index in [1.807, 2.05) is 6.07 Å². The summed E-state index contributed by atoms with van der Waals surface area (Å²) >= 11 is 0. The highest BCUT2D eigenvalue weighted by atomic mass is 16.2. The number of rotatable bonds is 2. The zero-order valence-corrected chi connectivity index (χ0v) is 13.0. The Bertz CT molecular complexity index is 471. The van der Waals surface area contributed by atoms with Crippen LogP contribution < -0.4 is 5.32 Å². The van der Waals surface area contributed by atoms with Crippen LogP contribution in [-0.2, 0) is 14.4 Å². The normalized spacial score (nSPS) is 15.6. The van der Waals surface area contributed by atoms with E-state index in [2.05, 4.69) is 5.32 Å². The Balaban J connectivity index is 2.57. The molecule has 1 heterocycles. The highest BCUT2D eigenvalue weighted by Gasteiger charge is 2.35. The van der Waals surface area contributed by atoms with Crippen LogP contribution >= 0.6 is 0 Å². The standard InChI is InChI=1S/C14H22N4O3/c1-10(2)16-11(19)12(20)17-5-7-18(8-6-17)13(21)14(3,4)9-15/h10H,5-8H2,1-4H3,(H,16,19). The monoisotopic (exact) mass is 294 g/mol. The van der Waals surface area contributed by atoms with Crippen molar-refractivity contribution in [3.63, 3.8) is 0 Å². The molecule has 116 valence electrons. The first kappa shape index (κ1) is 17.0. The molecule has 7 nitrogen and oxygen atoms in total. The van der Waals surface area contributed by atoms with E-state index in [1.54, 1.807) is 32.6 Å². The molecule has 1 saturated heterocycles. The first-order valence-electron chi connectivity index (χ1n) is 6.99. The van der Waals surface area contributed by atoms with Gasteiger partial charge < -0.3 is 15.1 Å². The second-order valence-electron chi connectivity index (χ2n) is 5.95. The molecule has 0 aromatic carbocycles. The highest BCUT2D eigenvalue weighted by molar-refractivity contribution is 6.35. The summed E-state index contributed by atoms with van der Waals surface area (Å²) in [4.78, 5) is 38.7.